The van der Waals surface area contributed by atoms with E-state index in [0.29, 0.717) is 44.9 Å². The topological polar surface area (TPSA) is 81.9 Å². The van der Waals surface area contributed by atoms with Crippen molar-refractivity contribution in [2.75, 3.05) is 13.2 Å². The second-order valence-corrected chi connectivity index (χ2v) is 9.37. The minimum atomic E-state index is -0.581. The van der Waals surface area contributed by atoms with Crippen LogP contribution in [-0.2, 0) is 33.7 Å². The molecule has 37 heavy (non-hydrogen) atoms. The number of carbonyl (C=O) groups is 2. The van der Waals surface area contributed by atoms with E-state index >= 15 is 0 Å². The van der Waals surface area contributed by atoms with E-state index in [0.717, 1.165) is 53.2 Å². The molecule has 0 radical (unpaired) electrons. The highest BCUT2D eigenvalue weighted by Crippen LogP contribution is 2.29. The summed E-state index contributed by atoms with van der Waals surface area (Å²) in [5.41, 5.74) is 3.87. The average Bonchev–Trinajstić information content (AvgIpc) is 3.28. The Morgan fingerprint density at radius 1 is 1.08 bits per heavy atom. The number of aryl methyl sites for hydroxylation is 1. The molecule has 0 spiro atoms. The molecule has 4 rings (SSSR count). The second-order valence-electron chi connectivity index (χ2n) is 9.37. The van der Waals surface area contributed by atoms with E-state index in [1.54, 1.807) is 11.8 Å². The van der Waals surface area contributed by atoms with Gasteiger partial charge >= 0.3 is 5.97 Å². The molecule has 7 nitrogen and oxygen atoms in total. The van der Waals surface area contributed by atoms with Gasteiger partial charge in [-0.15, -0.1) is 0 Å². The predicted octanol–water partition coefficient (Wildman–Crippen LogP) is 5.67. The van der Waals surface area contributed by atoms with Gasteiger partial charge in [0.2, 0.25) is 11.8 Å². The second kappa shape index (κ2) is 12.6. The first-order valence-corrected chi connectivity index (χ1v) is 13.2. The van der Waals surface area contributed by atoms with E-state index in [-0.39, 0.29) is 11.9 Å². The lowest BCUT2D eigenvalue weighted by molar-refractivity contribution is -0.156. The van der Waals surface area contributed by atoms with Crippen LogP contribution in [0.3, 0.4) is 0 Å². The summed E-state index contributed by atoms with van der Waals surface area (Å²) in [6.07, 6.45) is 4.37. The SMILES string of the molecule is CCCCCC(=O)N1Cc2cc(OCCc3nc(-c4ccccc4)oc3C)ccc2C[C@H]1C(=O)OCC. The van der Waals surface area contributed by atoms with Crippen molar-refractivity contribution in [3.05, 3.63) is 71.1 Å². The Labute approximate surface area is 218 Å². The van der Waals surface area contributed by atoms with Gasteiger partial charge < -0.3 is 18.8 Å². The van der Waals surface area contributed by atoms with Crippen LogP contribution in [0.25, 0.3) is 11.5 Å². The third-order valence-corrected chi connectivity index (χ3v) is 6.70. The summed E-state index contributed by atoms with van der Waals surface area (Å²) in [6, 6.07) is 15.1. The number of fused-ring (bicyclic) bond motifs is 1. The molecule has 2 aromatic carbocycles. The number of carbonyl (C=O) groups excluding carboxylic acids is 2. The molecule has 3 aromatic rings. The van der Waals surface area contributed by atoms with Crippen LogP contribution < -0.4 is 4.74 Å². The van der Waals surface area contributed by atoms with E-state index < -0.39 is 6.04 Å². The zero-order valence-corrected chi connectivity index (χ0v) is 22.0. The largest absolute Gasteiger partial charge is 0.493 e. The summed E-state index contributed by atoms with van der Waals surface area (Å²) >= 11 is 0. The molecule has 1 aliphatic heterocycles. The first-order valence-electron chi connectivity index (χ1n) is 13.2. The third-order valence-electron chi connectivity index (χ3n) is 6.70. The number of hydrogen-bond acceptors (Lipinski definition) is 6. The Bertz CT molecular complexity index is 1200. The standard InChI is InChI=1S/C30H36N2O5/c1-4-6-8-13-28(33)32-20-24-18-25(15-14-23(24)19-27(32)30(34)35-5-2)36-17-16-26-21(3)37-29(31-26)22-11-9-7-10-12-22/h7,9-12,14-15,18,27H,4-6,8,13,16-17,19-20H2,1-3H3/t27-/m0/s1. The van der Waals surface area contributed by atoms with E-state index in [2.05, 4.69) is 11.9 Å². The van der Waals surface area contributed by atoms with Crippen molar-refractivity contribution in [2.45, 2.75) is 71.9 Å². The van der Waals surface area contributed by atoms with Crippen molar-refractivity contribution >= 4 is 11.9 Å². The maximum absolute atomic E-state index is 13.0. The molecule has 0 N–H and O–H groups in total. The van der Waals surface area contributed by atoms with Crippen LogP contribution in [-0.4, -0.2) is 41.0 Å². The van der Waals surface area contributed by atoms with Crippen LogP contribution in [0.5, 0.6) is 5.75 Å². The van der Waals surface area contributed by atoms with Crippen LogP contribution in [0.2, 0.25) is 0 Å². The Morgan fingerprint density at radius 3 is 2.65 bits per heavy atom. The summed E-state index contributed by atoms with van der Waals surface area (Å²) in [4.78, 5) is 32.0. The quantitative estimate of drug-likeness (QED) is 0.247. The molecule has 7 heteroatoms. The summed E-state index contributed by atoms with van der Waals surface area (Å²) in [5.74, 6) is 1.79. The van der Waals surface area contributed by atoms with E-state index in [1.165, 1.54) is 0 Å². The number of ether oxygens (including phenoxy) is 2. The molecule has 0 aliphatic carbocycles. The maximum atomic E-state index is 13.0. The Balaban J connectivity index is 1.42. The fraction of sp³-hybridized carbons (Fsp3) is 0.433. The fourth-order valence-electron chi connectivity index (χ4n) is 4.66. The zero-order chi connectivity index (χ0) is 26.2. The molecule has 2 heterocycles. The van der Waals surface area contributed by atoms with Gasteiger partial charge in [-0.05, 0) is 55.7 Å². The van der Waals surface area contributed by atoms with Crippen LogP contribution in [0.15, 0.2) is 52.9 Å². The Hall–Kier alpha value is -3.61. The smallest absolute Gasteiger partial charge is 0.329 e. The molecule has 1 aliphatic rings. The lowest BCUT2D eigenvalue weighted by Gasteiger charge is -2.35. The molecule has 0 saturated heterocycles. The summed E-state index contributed by atoms with van der Waals surface area (Å²) in [6.45, 7) is 6.94. The number of unbranched alkanes of at least 4 members (excludes halogenated alkanes) is 2. The van der Waals surface area contributed by atoms with Crippen LogP contribution >= 0.6 is 0 Å². The molecule has 196 valence electrons. The van der Waals surface area contributed by atoms with Gasteiger partial charge in [0.05, 0.1) is 18.9 Å². The normalized spacial score (nSPS) is 14.8. The number of rotatable bonds is 11. The van der Waals surface area contributed by atoms with E-state index in [1.807, 2.05) is 55.5 Å². The number of nitrogens with zero attached hydrogens (tertiary/aromatic N) is 2. The highest BCUT2D eigenvalue weighted by molar-refractivity contribution is 5.85. The van der Waals surface area contributed by atoms with Gasteiger partial charge in [-0.1, -0.05) is 44.0 Å². The number of oxazole rings is 1. The molecule has 0 saturated carbocycles. The van der Waals surface area contributed by atoms with Crippen molar-refractivity contribution in [3.63, 3.8) is 0 Å². The average molecular weight is 505 g/mol. The summed E-state index contributed by atoms with van der Waals surface area (Å²) in [5, 5.41) is 0. The van der Waals surface area contributed by atoms with Gasteiger partial charge in [0, 0.05) is 31.4 Å². The minimum absolute atomic E-state index is 0.000739. The van der Waals surface area contributed by atoms with Gasteiger partial charge in [0.25, 0.3) is 0 Å². The summed E-state index contributed by atoms with van der Waals surface area (Å²) < 4.78 is 17.2. The molecule has 1 amide bonds. The molecule has 0 fully saturated rings. The Kier molecular flexibility index (Phi) is 8.99. The van der Waals surface area contributed by atoms with Gasteiger partial charge in [-0.3, -0.25) is 4.79 Å². The third kappa shape index (κ3) is 6.59. The van der Waals surface area contributed by atoms with Crippen LogP contribution in [0.1, 0.15) is 62.1 Å². The first-order chi connectivity index (χ1) is 18.0. The molecule has 1 aromatic heterocycles. The number of esters is 1. The van der Waals surface area contributed by atoms with Gasteiger partial charge in [-0.2, -0.15) is 0 Å². The van der Waals surface area contributed by atoms with Crippen molar-refractivity contribution in [1.29, 1.82) is 0 Å². The van der Waals surface area contributed by atoms with Crippen LogP contribution in [0.4, 0.5) is 0 Å². The maximum Gasteiger partial charge on any atom is 0.329 e. The molecular weight excluding hydrogens is 468 g/mol. The Morgan fingerprint density at radius 2 is 1.89 bits per heavy atom. The zero-order valence-electron chi connectivity index (χ0n) is 22.0. The predicted molar refractivity (Wildman–Crippen MR) is 141 cm³/mol. The monoisotopic (exact) mass is 504 g/mol. The molecular formula is C30H36N2O5. The molecule has 1 atom stereocenters. The number of hydrogen-bond donors (Lipinski definition) is 0. The number of amides is 1. The van der Waals surface area contributed by atoms with E-state index in [9.17, 15) is 9.59 Å². The highest BCUT2D eigenvalue weighted by atomic mass is 16.5. The highest BCUT2D eigenvalue weighted by Gasteiger charge is 2.35. The summed E-state index contributed by atoms with van der Waals surface area (Å²) in [7, 11) is 0. The lowest BCUT2D eigenvalue weighted by Crippen LogP contribution is -2.49. The first kappa shape index (κ1) is 26.5. The van der Waals surface area contributed by atoms with Crippen molar-refractivity contribution in [3.8, 4) is 17.2 Å². The van der Waals surface area contributed by atoms with E-state index in [4.69, 9.17) is 13.9 Å². The van der Waals surface area contributed by atoms with Crippen molar-refractivity contribution in [1.82, 2.24) is 9.88 Å². The fourth-order valence-corrected chi connectivity index (χ4v) is 4.66. The number of benzene rings is 2. The van der Waals surface area contributed by atoms with Gasteiger partial charge in [0.1, 0.15) is 17.6 Å². The van der Waals surface area contributed by atoms with Crippen molar-refractivity contribution in [2.24, 2.45) is 0 Å². The number of aromatic nitrogens is 1. The lowest BCUT2D eigenvalue weighted by atomic mass is 9.93. The van der Waals surface area contributed by atoms with Crippen LogP contribution in [0, 0.1) is 6.92 Å². The van der Waals surface area contributed by atoms with Crippen molar-refractivity contribution < 1.29 is 23.5 Å². The molecule has 0 bridgehead atoms. The van der Waals surface area contributed by atoms with Gasteiger partial charge in [-0.25, -0.2) is 9.78 Å². The van der Waals surface area contributed by atoms with Gasteiger partial charge in [0.15, 0.2) is 0 Å². The molecule has 0 unspecified atom stereocenters. The minimum Gasteiger partial charge on any atom is -0.493 e.